The molecule has 2 fully saturated rings. The molecule has 122 valence electrons. The quantitative estimate of drug-likeness (QED) is 0.771. The largest absolute Gasteiger partial charge is 0.468 e. The first-order valence-corrected chi connectivity index (χ1v) is 8.99. The van der Waals surface area contributed by atoms with E-state index in [1.54, 1.807) is 7.05 Å². The maximum Gasteiger partial charge on any atom is 0.324 e. The first-order valence-electron chi connectivity index (χ1n) is 7.55. The highest BCUT2D eigenvalue weighted by atomic mass is 32.2. The predicted molar refractivity (Wildman–Crippen MR) is 78.4 cm³/mol. The number of aromatic nitrogens is 2. The van der Waals surface area contributed by atoms with E-state index in [0.29, 0.717) is 6.42 Å². The number of ether oxygens (including phenoxy) is 1. The maximum absolute atomic E-state index is 13.0. The van der Waals surface area contributed by atoms with Gasteiger partial charge in [0.15, 0.2) is 0 Å². The highest BCUT2D eigenvalue weighted by Gasteiger charge is 2.51. The normalized spacial score (nSPS) is 29.3. The van der Waals surface area contributed by atoms with Gasteiger partial charge in [0.05, 0.1) is 13.3 Å². The molecule has 0 N–H and O–H groups in total. The fourth-order valence-corrected chi connectivity index (χ4v) is 5.61. The number of hydrogen-bond acceptors (Lipinski definition) is 5. The molecule has 0 unspecified atom stereocenters. The number of fused-ring (bicyclic) bond motifs is 1. The molecular formula is C14H21N3O4S. The van der Waals surface area contributed by atoms with Crippen molar-refractivity contribution >= 4 is 16.0 Å². The van der Waals surface area contributed by atoms with E-state index in [-0.39, 0.29) is 16.9 Å². The Morgan fingerprint density at radius 2 is 2.09 bits per heavy atom. The lowest BCUT2D eigenvalue weighted by atomic mass is 9.85. The molecule has 8 heteroatoms. The van der Waals surface area contributed by atoms with Gasteiger partial charge in [0.2, 0.25) is 10.0 Å². The lowest BCUT2D eigenvalue weighted by molar-refractivity contribution is -0.144. The molecule has 1 aromatic heterocycles. The van der Waals surface area contributed by atoms with Crippen LogP contribution in [0.15, 0.2) is 17.3 Å². The van der Waals surface area contributed by atoms with Crippen molar-refractivity contribution in [3.63, 3.8) is 0 Å². The van der Waals surface area contributed by atoms with Crippen LogP contribution in [0, 0.1) is 5.92 Å². The van der Waals surface area contributed by atoms with E-state index in [4.69, 9.17) is 4.74 Å². The minimum atomic E-state index is -3.74. The molecule has 0 spiro atoms. The average Bonchev–Trinajstić information content (AvgIpc) is 3.10. The summed E-state index contributed by atoms with van der Waals surface area (Å²) in [5, 5.41) is 3.94. The van der Waals surface area contributed by atoms with Crippen molar-refractivity contribution in [1.82, 2.24) is 14.1 Å². The summed E-state index contributed by atoms with van der Waals surface area (Å²) in [5.74, 6) is -0.230. The van der Waals surface area contributed by atoms with Crippen LogP contribution in [0.4, 0.5) is 0 Å². The Morgan fingerprint density at radius 1 is 1.36 bits per heavy atom. The Bertz CT molecular complexity index is 669. The van der Waals surface area contributed by atoms with E-state index in [2.05, 4.69) is 5.10 Å². The summed E-state index contributed by atoms with van der Waals surface area (Å²) >= 11 is 0. The van der Waals surface area contributed by atoms with Gasteiger partial charge in [-0.2, -0.15) is 9.40 Å². The molecule has 1 aromatic rings. The van der Waals surface area contributed by atoms with E-state index in [1.165, 1.54) is 28.5 Å². The Morgan fingerprint density at radius 3 is 2.73 bits per heavy atom. The second-order valence-electron chi connectivity index (χ2n) is 6.07. The van der Waals surface area contributed by atoms with Gasteiger partial charge in [-0.15, -0.1) is 0 Å². The van der Waals surface area contributed by atoms with Crippen molar-refractivity contribution in [3.05, 3.63) is 12.4 Å². The summed E-state index contributed by atoms with van der Waals surface area (Å²) in [6.45, 7) is 0. The Balaban J connectivity index is 2.01. The molecule has 1 saturated heterocycles. The summed E-state index contributed by atoms with van der Waals surface area (Å²) in [5.41, 5.74) is 0. The van der Waals surface area contributed by atoms with Crippen LogP contribution in [0.5, 0.6) is 0 Å². The van der Waals surface area contributed by atoms with Gasteiger partial charge in [-0.25, -0.2) is 8.42 Å². The molecule has 1 aliphatic carbocycles. The van der Waals surface area contributed by atoms with Crippen molar-refractivity contribution in [2.45, 2.75) is 49.1 Å². The third kappa shape index (κ3) is 2.44. The Hall–Kier alpha value is -1.41. The number of carbonyl (C=O) groups excluding carboxylic acids is 1. The molecule has 22 heavy (non-hydrogen) atoms. The van der Waals surface area contributed by atoms with Gasteiger partial charge >= 0.3 is 5.97 Å². The molecule has 1 saturated carbocycles. The van der Waals surface area contributed by atoms with E-state index < -0.39 is 22.0 Å². The number of methoxy groups -OCH3 is 1. The minimum absolute atomic E-state index is 0.108. The molecule has 2 heterocycles. The predicted octanol–water partition coefficient (Wildman–Crippen LogP) is 0.915. The standard InChI is InChI=1S/C14H21N3O4S/c1-16-9-11(8-15-16)22(19,20)17-12-6-4-3-5-10(12)7-13(17)14(18)21-2/h8-10,12-13H,3-7H2,1-2H3/t10-,12-,13-/m0/s1. The van der Waals surface area contributed by atoms with Crippen LogP contribution in [0.1, 0.15) is 32.1 Å². The Labute approximate surface area is 130 Å². The van der Waals surface area contributed by atoms with Crippen molar-refractivity contribution in [1.29, 1.82) is 0 Å². The Kier molecular flexibility index (Phi) is 3.98. The number of hydrogen-bond donors (Lipinski definition) is 0. The number of sulfonamides is 1. The summed E-state index contributed by atoms with van der Waals surface area (Å²) in [7, 11) is -0.768. The third-order valence-electron chi connectivity index (χ3n) is 4.76. The van der Waals surface area contributed by atoms with Crippen LogP contribution in [0.2, 0.25) is 0 Å². The second-order valence-corrected chi connectivity index (χ2v) is 7.91. The average molecular weight is 327 g/mol. The van der Waals surface area contributed by atoms with Gasteiger partial charge in [-0.3, -0.25) is 9.48 Å². The number of carbonyl (C=O) groups is 1. The molecular weight excluding hydrogens is 306 g/mol. The van der Waals surface area contributed by atoms with Crippen LogP contribution < -0.4 is 0 Å². The van der Waals surface area contributed by atoms with Gasteiger partial charge in [0.1, 0.15) is 10.9 Å². The molecule has 1 aliphatic heterocycles. The molecule has 0 bridgehead atoms. The highest BCUT2D eigenvalue weighted by molar-refractivity contribution is 7.89. The van der Waals surface area contributed by atoms with Crippen molar-refractivity contribution in [3.8, 4) is 0 Å². The van der Waals surface area contributed by atoms with E-state index >= 15 is 0 Å². The SMILES string of the molecule is COC(=O)[C@@H]1C[C@@H]2CCCC[C@@H]2N1S(=O)(=O)c1cnn(C)c1. The number of nitrogens with zero attached hydrogens (tertiary/aromatic N) is 3. The molecule has 0 amide bonds. The number of aryl methyl sites for hydroxylation is 1. The smallest absolute Gasteiger partial charge is 0.324 e. The number of esters is 1. The highest BCUT2D eigenvalue weighted by Crippen LogP contribution is 2.42. The molecule has 2 aliphatic rings. The fourth-order valence-electron chi connectivity index (χ4n) is 3.76. The van der Waals surface area contributed by atoms with Crippen molar-refractivity contribution in [2.75, 3.05) is 7.11 Å². The first-order chi connectivity index (χ1) is 10.4. The fraction of sp³-hybridized carbons (Fsp3) is 0.714. The van der Waals surface area contributed by atoms with Crippen LogP contribution in [0.3, 0.4) is 0 Å². The first kappa shape index (κ1) is 15.5. The van der Waals surface area contributed by atoms with E-state index in [0.717, 1.165) is 25.7 Å². The van der Waals surface area contributed by atoms with Gasteiger partial charge < -0.3 is 4.74 Å². The van der Waals surface area contributed by atoms with Crippen LogP contribution in [-0.2, 0) is 26.6 Å². The minimum Gasteiger partial charge on any atom is -0.468 e. The molecule has 0 aromatic carbocycles. The monoisotopic (exact) mass is 327 g/mol. The topological polar surface area (TPSA) is 81.5 Å². The zero-order valence-corrected chi connectivity index (χ0v) is 13.6. The van der Waals surface area contributed by atoms with E-state index in [1.807, 2.05) is 0 Å². The molecule has 7 nitrogen and oxygen atoms in total. The zero-order chi connectivity index (χ0) is 15.9. The van der Waals surface area contributed by atoms with Gasteiger partial charge in [0, 0.05) is 19.3 Å². The summed E-state index contributed by atoms with van der Waals surface area (Å²) in [4.78, 5) is 12.2. The maximum atomic E-state index is 13.0. The van der Waals surface area contributed by atoms with Gasteiger partial charge in [-0.1, -0.05) is 12.8 Å². The third-order valence-corrected chi connectivity index (χ3v) is 6.65. The molecule has 3 atom stereocenters. The van der Waals surface area contributed by atoms with Crippen LogP contribution >= 0.6 is 0 Å². The second kappa shape index (κ2) is 5.66. The zero-order valence-electron chi connectivity index (χ0n) is 12.8. The summed E-state index contributed by atoms with van der Waals surface area (Å²) < 4.78 is 33.7. The van der Waals surface area contributed by atoms with Crippen LogP contribution in [0.25, 0.3) is 0 Å². The lowest BCUT2D eigenvalue weighted by Crippen LogP contribution is -2.46. The van der Waals surface area contributed by atoms with E-state index in [9.17, 15) is 13.2 Å². The molecule has 3 rings (SSSR count). The lowest BCUT2D eigenvalue weighted by Gasteiger charge is -2.31. The summed E-state index contributed by atoms with van der Waals surface area (Å²) in [6, 6.07) is -0.827. The number of rotatable bonds is 3. The van der Waals surface area contributed by atoms with Crippen LogP contribution in [-0.4, -0.2) is 47.7 Å². The van der Waals surface area contributed by atoms with Crippen molar-refractivity contribution < 1.29 is 17.9 Å². The van der Waals surface area contributed by atoms with Gasteiger partial charge in [-0.05, 0) is 25.2 Å². The summed E-state index contributed by atoms with van der Waals surface area (Å²) in [6.07, 6.45) is 7.22. The van der Waals surface area contributed by atoms with Gasteiger partial charge in [0.25, 0.3) is 0 Å². The molecule has 0 radical (unpaired) electrons. The van der Waals surface area contributed by atoms with Crippen molar-refractivity contribution in [2.24, 2.45) is 13.0 Å².